The van der Waals surface area contributed by atoms with Gasteiger partial charge in [-0.05, 0) is 0 Å². The van der Waals surface area contributed by atoms with Crippen molar-refractivity contribution in [3.63, 3.8) is 0 Å². The molecule has 0 heterocycles. The number of allylic oxidation sites excluding steroid dienone is 4. The van der Waals surface area contributed by atoms with Crippen LogP contribution in [0.25, 0.3) is 16.7 Å². The van der Waals surface area contributed by atoms with Gasteiger partial charge in [-0.1, -0.05) is 0 Å². The third-order valence-corrected chi connectivity index (χ3v) is 6.23. The first-order chi connectivity index (χ1) is 9.36. The molecule has 0 radical (unpaired) electrons. The van der Waals surface area contributed by atoms with Gasteiger partial charge in [-0.15, -0.1) is 24.8 Å². The van der Waals surface area contributed by atoms with E-state index in [-0.39, 0.29) is 24.8 Å². The molecule has 0 spiro atoms. The molecule has 0 aromatic heterocycles. The van der Waals surface area contributed by atoms with Crippen LogP contribution in [0.3, 0.4) is 0 Å². The molecule has 0 fully saturated rings. The molecule has 0 saturated carbocycles. The van der Waals surface area contributed by atoms with E-state index in [1.807, 2.05) is 0 Å². The zero-order valence-corrected chi connectivity index (χ0v) is 16.6. The Morgan fingerprint density at radius 3 is 2.33 bits per heavy atom. The van der Waals surface area contributed by atoms with E-state index in [1.165, 1.54) is 52.2 Å². The average molecular weight is 481 g/mol. The van der Waals surface area contributed by atoms with E-state index in [0.717, 1.165) is 6.42 Å². The fourth-order valence-corrected chi connectivity index (χ4v) is 5.21. The third kappa shape index (κ3) is 2.60. The number of fused-ring (bicyclic) bond motifs is 3. The molecule has 0 N–H and O–H groups in total. The molecule has 2 aliphatic rings. The minimum absolute atomic E-state index is 0. The van der Waals surface area contributed by atoms with Gasteiger partial charge in [0.1, 0.15) is 0 Å². The summed E-state index contributed by atoms with van der Waals surface area (Å²) in [5, 5.41) is 0. The quantitative estimate of drug-likeness (QED) is 0.474. The molecule has 2 aromatic rings. The zero-order chi connectivity index (χ0) is 12.8. The van der Waals surface area contributed by atoms with Gasteiger partial charge >= 0.3 is 129 Å². The molecular formula is C18H15Cl2Hf. The molecule has 2 aromatic carbocycles. The summed E-state index contributed by atoms with van der Waals surface area (Å²) in [6, 6.07) is 15.7. The Morgan fingerprint density at radius 1 is 0.857 bits per heavy atom. The monoisotopic (exact) mass is 481 g/mol. The van der Waals surface area contributed by atoms with Crippen molar-refractivity contribution in [3.8, 4) is 11.1 Å². The number of hydrogen-bond donors (Lipinski definition) is 0. The fraction of sp³-hybridized carbons (Fsp3) is 0.111. The van der Waals surface area contributed by atoms with Crippen LogP contribution in [0.5, 0.6) is 0 Å². The Labute approximate surface area is 152 Å². The van der Waals surface area contributed by atoms with Crippen LogP contribution in [0.4, 0.5) is 0 Å². The molecule has 0 bridgehead atoms. The van der Waals surface area contributed by atoms with Crippen molar-refractivity contribution in [1.82, 2.24) is 0 Å². The first-order valence-electron chi connectivity index (χ1n) is 6.65. The summed E-state index contributed by atoms with van der Waals surface area (Å²) >= 11 is 1.18. The summed E-state index contributed by atoms with van der Waals surface area (Å²) in [6.07, 6.45) is 7.78. The van der Waals surface area contributed by atoms with Crippen molar-refractivity contribution >= 4 is 30.4 Å². The molecular weight excluding hydrogens is 466 g/mol. The van der Waals surface area contributed by atoms with E-state index in [9.17, 15) is 0 Å². The van der Waals surface area contributed by atoms with Gasteiger partial charge in [0.25, 0.3) is 0 Å². The van der Waals surface area contributed by atoms with Crippen LogP contribution in [0.2, 0.25) is 0 Å². The van der Waals surface area contributed by atoms with Gasteiger partial charge in [-0.3, -0.25) is 0 Å². The van der Waals surface area contributed by atoms with Crippen molar-refractivity contribution in [2.24, 2.45) is 0 Å². The van der Waals surface area contributed by atoms with Crippen LogP contribution in [0, 0.1) is 0 Å². The predicted molar refractivity (Wildman–Crippen MR) is 90.0 cm³/mol. The summed E-state index contributed by atoms with van der Waals surface area (Å²) < 4.78 is 0.642. The maximum atomic E-state index is 2.30. The molecule has 3 heteroatoms. The average Bonchev–Trinajstić information content (AvgIpc) is 3.08. The van der Waals surface area contributed by atoms with Gasteiger partial charge in [-0.25, -0.2) is 0 Å². The van der Waals surface area contributed by atoms with Crippen LogP contribution in [-0.4, -0.2) is 0 Å². The number of benzene rings is 2. The Bertz CT molecular complexity index is 732. The molecule has 1 atom stereocenters. The topological polar surface area (TPSA) is 0 Å². The second-order valence-electron chi connectivity index (χ2n) is 5.11. The van der Waals surface area contributed by atoms with Crippen molar-refractivity contribution in [3.05, 3.63) is 77.4 Å². The van der Waals surface area contributed by atoms with Gasteiger partial charge in [0.15, 0.2) is 0 Å². The van der Waals surface area contributed by atoms with E-state index in [0.29, 0.717) is 3.67 Å². The molecule has 2 aliphatic carbocycles. The predicted octanol–water partition coefficient (Wildman–Crippen LogP) is 5.49. The van der Waals surface area contributed by atoms with Crippen molar-refractivity contribution in [2.75, 3.05) is 0 Å². The second-order valence-corrected chi connectivity index (χ2v) is 7.19. The molecule has 0 nitrogen and oxygen atoms in total. The van der Waals surface area contributed by atoms with Crippen LogP contribution in [0.1, 0.15) is 26.8 Å². The number of halogens is 2. The Balaban J connectivity index is 0.000000807. The Kier molecular flexibility index (Phi) is 5.29. The maximum absolute atomic E-state index is 2.30. The van der Waals surface area contributed by atoms with E-state index in [2.05, 4.69) is 60.7 Å². The molecule has 0 amide bonds. The molecule has 105 valence electrons. The van der Waals surface area contributed by atoms with Crippen LogP contribution in [0.15, 0.2) is 60.7 Å². The normalized spacial score (nSPS) is 17.3. The van der Waals surface area contributed by atoms with Gasteiger partial charge in [-0.2, -0.15) is 0 Å². The zero-order valence-electron chi connectivity index (χ0n) is 11.4. The SMILES string of the molecule is Cl.Cl.[Hf][CH]1c2ccccc2-c2cccc(C3=CC=CC3)c21. The standard InChI is InChI=1S/C18H13.2ClH.Hf/c1-2-7-13(6-1)15-10-5-11-17-16-9-4-3-8-14(16)12-18(15)17;;;/h1-6,8-12H,7H2;2*1H;. The number of rotatable bonds is 1. The molecule has 21 heavy (non-hydrogen) atoms. The summed E-state index contributed by atoms with van der Waals surface area (Å²) in [4.78, 5) is 0. The van der Waals surface area contributed by atoms with Crippen LogP contribution < -0.4 is 0 Å². The first-order valence-corrected chi connectivity index (χ1v) is 8.73. The fourth-order valence-electron chi connectivity index (χ4n) is 3.19. The molecule has 4 rings (SSSR count). The van der Waals surface area contributed by atoms with E-state index in [4.69, 9.17) is 0 Å². The minimum atomic E-state index is 0. The Morgan fingerprint density at radius 2 is 1.57 bits per heavy atom. The summed E-state index contributed by atoms with van der Waals surface area (Å²) in [7, 11) is 0. The second kappa shape index (κ2) is 6.64. The van der Waals surface area contributed by atoms with Gasteiger partial charge in [0.05, 0.1) is 0 Å². The Hall–Kier alpha value is -0.630. The van der Waals surface area contributed by atoms with E-state index >= 15 is 0 Å². The van der Waals surface area contributed by atoms with Gasteiger partial charge in [0.2, 0.25) is 0 Å². The van der Waals surface area contributed by atoms with E-state index in [1.54, 1.807) is 5.56 Å². The summed E-state index contributed by atoms with van der Waals surface area (Å²) in [5.74, 6) is 0. The van der Waals surface area contributed by atoms with Gasteiger partial charge in [0, 0.05) is 0 Å². The summed E-state index contributed by atoms with van der Waals surface area (Å²) in [6.45, 7) is 0. The van der Waals surface area contributed by atoms with E-state index < -0.39 is 0 Å². The first kappa shape index (κ1) is 16.7. The third-order valence-electron chi connectivity index (χ3n) is 4.07. The van der Waals surface area contributed by atoms with Crippen LogP contribution >= 0.6 is 24.8 Å². The van der Waals surface area contributed by atoms with Crippen molar-refractivity contribution in [2.45, 2.75) is 10.1 Å². The van der Waals surface area contributed by atoms with Crippen molar-refractivity contribution in [1.29, 1.82) is 0 Å². The van der Waals surface area contributed by atoms with Gasteiger partial charge < -0.3 is 0 Å². The van der Waals surface area contributed by atoms with Crippen molar-refractivity contribution < 1.29 is 24.4 Å². The summed E-state index contributed by atoms with van der Waals surface area (Å²) in [5.41, 5.74) is 8.96. The van der Waals surface area contributed by atoms with Crippen LogP contribution in [-0.2, 0) is 24.4 Å². The molecule has 0 aliphatic heterocycles. The number of hydrogen-bond acceptors (Lipinski definition) is 0. The molecule has 1 unspecified atom stereocenters. The molecule has 0 saturated heterocycles.